The van der Waals surface area contributed by atoms with Gasteiger partial charge in [0.2, 0.25) is 0 Å². The average molecular weight is 294 g/mol. The van der Waals surface area contributed by atoms with Gasteiger partial charge in [0.1, 0.15) is 0 Å². The first-order valence-electron chi connectivity index (χ1n) is 7.54. The van der Waals surface area contributed by atoms with Crippen LogP contribution in [0.4, 0.5) is 0 Å². The van der Waals surface area contributed by atoms with Gasteiger partial charge in [-0.15, -0.1) is 11.3 Å². The molecule has 0 atom stereocenters. The fraction of sp³-hybridized carbons (Fsp3) is 0.688. The largest absolute Gasteiger partial charge is 0.303 e. The maximum absolute atomic E-state index is 12.4. The summed E-state index contributed by atoms with van der Waals surface area (Å²) in [6.07, 6.45) is 2.36. The summed E-state index contributed by atoms with van der Waals surface area (Å²) in [5.74, 6) is 0.271. The van der Waals surface area contributed by atoms with Gasteiger partial charge in [-0.2, -0.15) is 0 Å². The number of carbonyl (C=O) groups excluding carboxylic acids is 1. The van der Waals surface area contributed by atoms with E-state index in [-0.39, 0.29) is 5.78 Å². The number of rotatable bonds is 5. The van der Waals surface area contributed by atoms with Crippen LogP contribution in [0.25, 0.3) is 0 Å². The normalized spacial score (nSPS) is 17.9. The highest BCUT2D eigenvalue weighted by Gasteiger charge is 2.23. The molecule has 1 aromatic heterocycles. The minimum atomic E-state index is 0.271. The number of Topliss-reactive ketones (excluding diaryl/α,β-unsaturated/α-hetero) is 1. The van der Waals surface area contributed by atoms with Crippen LogP contribution in [0.3, 0.4) is 0 Å². The molecule has 3 nitrogen and oxygen atoms in total. The molecule has 0 bridgehead atoms. The molecule has 20 heavy (non-hydrogen) atoms. The van der Waals surface area contributed by atoms with Gasteiger partial charge in [0, 0.05) is 21.4 Å². The van der Waals surface area contributed by atoms with Gasteiger partial charge in [0.05, 0.1) is 6.54 Å². The first kappa shape index (κ1) is 15.7. The second-order valence-electron chi connectivity index (χ2n) is 5.83. The van der Waals surface area contributed by atoms with Gasteiger partial charge in [0.15, 0.2) is 5.78 Å². The van der Waals surface area contributed by atoms with Crippen LogP contribution in [-0.2, 0) is 0 Å². The molecule has 1 saturated heterocycles. The van der Waals surface area contributed by atoms with E-state index >= 15 is 0 Å². The Hall–Kier alpha value is -0.710. The quantitative estimate of drug-likeness (QED) is 0.780. The van der Waals surface area contributed by atoms with E-state index in [4.69, 9.17) is 0 Å². The molecule has 0 aliphatic carbocycles. The first-order chi connectivity index (χ1) is 9.51. The molecule has 0 unspecified atom stereocenters. The second kappa shape index (κ2) is 6.83. The minimum absolute atomic E-state index is 0.271. The molecule has 0 spiro atoms. The van der Waals surface area contributed by atoms with E-state index in [9.17, 15) is 4.79 Å². The smallest absolute Gasteiger partial charge is 0.177 e. The van der Waals surface area contributed by atoms with Crippen LogP contribution >= 0.6 is 11.3 Å². The Morgan fingerprint density at radius 2 is 2.05 bits per heavy atom. The summed E-state index contributed by atoms with van der Waals surface area (Å²) in [6.45, 7) is 10.3. The van der Waals surface area contributed by atoms with Crippen molar-refractivity contribution < 1.29 is 4.79 Å². The summed E-state index contributed by atoms with van der Waals surface area (Å²) < 4.78 is 0. The van der Waals surface area contributed by atoms with Crippen molar-refractivity contribution in [3.05, 3.63) is 21.4 Å². The lowest BCUT2D eigenvalue weighted by atomic mass is 10.0. The van der Waals surface area contributed by atoms with Gasteiger partial charge in [-0.05, 0) is 59.4 Å². The van der Waals surface area contributed by atoms with Gasteiger partial charge in [-0.25, -0.2) is 0 Å². The van der Waals surface area contributed by atoms with E-state index in [1.807, 2.05) is 13.0 Å². The zero-order valence-electron chi connectivity index (χ0n) is 13.1. The summed E-state index contributed by atoms with van der Waals surface area (Å²) in [6, 6.07) is 2.59. The van der Waals surface area contributed by atoms with Crippen molar-refractivity contribution in [3.8, 4) is 0 Å². The topological polar surface area (TPSA) is 23.6 Å². The highest BCUT2D eigenvalue weighted by atomic mass is 32.1. The van der Waals surface area contributed by atoms with Gasteiger partial charge in [-0.1, -0.05) is 6.92 Å². The summed E-state index contributed by atoms with van der Waals surface area (Å²) in [5.41, 5.74) is 0.922. The molecule has 4 heteroatoms. The summed E-state index contributed by atoms with van der Waals surface area (Å²) >= 11 is 1.72. The van der Waals surface area contributed by atoms with Crippen LogP contribution in [0, 0.1) is 13.8 Å². The average Bonchev–Trinajstić information content (AvgIpc) is 2.78. The third-order valence-corrected chi connectivity index (χ3v) is 5.33. The Balaban J connectivity index is 1.90. The SMILES string of the molecule is CCN1CCC(N(C)CC(=O)c2cc(C)sc2C)CC1. The maximum atomic E-state index is 12.4. The lowest BCUT2D eigenvalue weighted by molar-refractivity contribution is 0.0858. The molecule has 112 valence electrons. The number of carbonyl (C=O) groups is 1. The molecule has 1 aliphatic rings. The van der Waals surface area contributed by atoms with Crippen LogP contribution in [0.2, 0.25) is 0 Å². The minimum Gasteiger partial charge on any atom is -0.303 e. The van der Waals surface area contributed by atoms with Gasteiger partial charge in [0.25, 0.3) is 0 Å². The van der Waals surface area contributed by atoms with Crippen molar-refractivity contribution in [1.29, 1.82) is 0 Å². The Morgan fingerprint density at radius 1 is 1.40 bits per heavy atom. The number of thiophene rings is 1. The zero-order valence-corrected chi connectivity index (χ0v) is 13.9. The van der Waals surface area contributed by atoms with Crippen molar-refractivity contribution in [2.45, 2.75) is 39.7 Å². The van der Waals surface area contributed by atoms with E-state index in [1.165, 1.54) is 17.7 Å². The molecular weight excluding hydrogens is 268 g/mol. The molecule has 0 amide bonds. The van der Waals surface area contributed by atoms with Crippen molar-refractivity contribution in [3.63, 3.8) is 0 Å². The van der Waals surface area contributed by atoms with Crippen LogP contribution in [0.5, 0.6) is 0 Å². The molecule has 0 radical (unpaired) electrons. The predicted molar refractivity (Wildman–Crippen MR) is 85.9 cm³/mol. The van der Waals surface area contributed by atoms with Crippen LogP contribution in [-0.4, -0.2) is 54.9 Å². The molecule has 2 rings (SSSR count). The van der Waals surface area contributed by atoms with Crippen LogP contribution < -0.4 is 0 Å². The van der Waals surface area contributed by atoms with Crippen molar-refractivity contribution in [2.24, 2.45) is 0 Å². The molecule has 0 N–H and O–H groups in total. The molecular formula is C16H26N2OS. The van der Waals surface area contributed by atoms with E-state index in [1.54, 1.807) is 11.3 Å². The Morgan fingerprint density at radius 3 is 2.55 bits per heavy atom. The fourth-order valence-electron chi connectivity index (χ4n) is 3.02. The number of likely N-dealkylation sites (tertiary alicyclic amines) is 1. The highest BCUT2D eigenvalue weighted by Crippen LogP contribution is 2.22. The van der Waals surface area contributed by atoms with Crippen LogP contribution in [0.15, 0.2) is 6.07 Å². The Bertz CT molecular complexity index is 461. The molecule has 1 fully saturated rings. The third-order valence-electron chi connectivity index (χ3n) is 4.36. The molecule has 0 aromatic carbocycles. The Labute approximate surface area is 126 Å². The summed E-state index contributed by atoms with van der Waals surface area (Å²) in [7, 11) is 2.10. The lowest BCUT2D eigenvalue weighted by Crippen LogP contribution is -2.44. The predicted octanol–water partition coefficient (Wildman–Crippen LogP) is 2.96. The maximum Gasteiger partial charge on any atom is 0.177 e. The fourth-order valence-corrected chi connectivity index (χ4v) is 3.97. The molecule has 1 aliphatic heterocycles. The van der Waals surface area contributed by atoms with Crippen molar-refractivity contribution in [1.82, 2.24) is 9.80 Å². The number of likely N-dealkylation sites (N-methyl/N-ethyl adjacent to an activating group) is 1. The molecule has 0 saturated carbocycles. The van der Waals surface area contributed by atoms with E-state index in [2.05, 4.69) is 30.7 Å². The second-order valence-corrected chi connectivity index (χ2v) is 7.29. The van der Waals surface area contributed by atoms with Crippen molar-refractivity contribution >= 4 is 17.1 Å². The molecule has 1 aromatic rings. The monoisotopic (exact) mass is 294 g/mol. The van der Waals surface area contributed by atoms with E-state index < -0.39 is 0 Å². The van der Waals surface area contributed by atoms with E-state index in [0.29, 0.717) is 12.6 Å². The van der Waals surface area contributed by atoms with Gasteiger partial charge in [-0.3, -0.25) is 9.69 Å². The number of nitrogens with zero attached hydrogens (tertiary/aromatic N) is 2. The number of hydrogen-bond acceptors (Lipinski definition) is 4. The van der Waals surface area contributed by atoms with Gasteiger partial charge < -0.3 is 4.90 Å². The summed E-state index contributed by atoms with van der Waals surface area (Å²) in [5, 5.41) is 0. The molecule has 2 heterocycles. The Kier molecular flexibility index (Phi) is 5.35. The standard InChI is InChI=1S/C16H26N2OS/c1-5-18-8-6-14(7-9-18)17(4)11-16(19)15-10-12(2)20-13(15)3/h10,14H,5-9,11H2,1-4H3. The first-order valence-corrected chi connectivity index (χ1v) is 8.35. The van der Waals surface area contributed by atoms with Gasteiger partial charge >= 0.3 is 0 Å². The zero-order chi connectivity index (χ0) is 14.7. The summed E-state index contributed by atoms with van der Waals surface area (Å²) in [4.78, 5) is 19.5. The highest BCUT2D eigenvalue weighted by molar-refractivity contribution is 7.12. The van der Waals surface area contributed by atoms with E-state index in [0.717, 1.165) is 30.1 Å². The number of hydrogen-bond donors (Lipinski definition) is 0. The number of ketones is 1. The lowest BCUT2D eigenvalue weighted by Gasteiger charge is -2.36. The number of piperidine rings is 1. The number of aryl methyl sites for hydroxylation is 2. The van der Waals surface area contributed by atoms with Crippen LogP contribution in [0.1, 0.15) is 39.9 Å². The third kappa shape index (κ3) is 3.68. The van der Waals surface area contributed by atoms with Crippen molar-refractivity contribution in [2.75, 3.05) is 33.2 Å².